The molecule has 0 bridgehead atoms. The molecular formula is C15H18N2O3. The normalized spacial score (nSPS) is 12.5. The van der Waals surface area contributed by atoms with E-state index in [1.165, 1.54) is 0 Å². The van der Waals surface area contributed by atoms with E-state index in [1.54, 1.807) is 26.2 Å². The molecule has 0 amide bonds. The minimum atomic E-state index is -0.473. The molecule has 20 heavy (non-hydrogen) atoms. The van der Waals surface area contributed by atoms with Gasteiger partial charge in [-0.15, -0.1) is 0 Å². The van der Waals surface area contributed by atoms with Gasteiger partial charge in [-0.3, -0.25) is 0 Å². The number of allylic oxidation sites excluding steroid dienone is 1. The second-order valence-electron chi connectivity index (χ2n) is 4.57. The van der Waals surface area contributed by atoms with Crippen LogP contribution in [0.3, 0.4) is 0 Å². The third kappa shape index (κ3) is 2.53. The molecule has 2 rings (SSSR count). The Bertz CT molecular complexity index is 717. The van der Waals surface area contributed by atoms with E-state index < -0.39 is 5.63 Å². The van der Waals surface area contributed by atoms with Crippen LogP contribution in [0.1, 0.15) is 18.9 Å². The van der Waals surface area contributed by atoms with Crippen LogP contribution in [0.5, 0.6) is 0 Å². The predicted molar refractivity (Wildman–Crippen MR) is 80.2 cm³/mol. The minimum absolute atomic E-state index is 0.331. The van der Waals surface area contributed by atoms with E-state index in [0.29, 0.717) is 46.5 Å². The minimum Gasteiger partial charge on any atom is -0.422 e. The zero-order valence-corrected chi connectivity index (χ0v) is 11.6. The number of nitrogen functional groups attached to an aromatic ring is 1. The van der Waals surface area contributed by atoms with Crippen LogP contribution in [0.4, 0.5) is 5.69 Å². The topological polar surface area (TPSA) is 91.5 Å². The molecule has 0 aliphatic heterocycles. The lowest BCUT2D eigenvalue weighted by Gasteiger charge is -2.10. The average Bonchev–Trinajstić information content (AvgIpc) is 2.44. The molecule has 0 aliphatic carbocycles. The van der Waals surface area contributed by atoms with Crippen LogP contribution in [0, 0.1) is 0 Å². The Balaban J connectivity index is 2.63. The van der Waals surface area contributed by atoms with Crippen LogP contribution in [0.25, 0.3) is 16.5 Å². The number of ether oxygens (including phenoxy) is 1. The molecule has 106 valence electrons. The molecule has 1 aromatic heterocycles. The zero-order valence-electron chi connectivity index (χ0n) is 11.6. The van der Waals surface area contributed by atoms with Crippen LogP contribution in [0.15, 0.2) is 39.2 Å². The van der Waals surface area contributed by atoms with Crippen molar-refractivity contribution >= 4 is 22.2 Å². The Morgan fingerprint density at radius 1 is 1.35 bits per heavy atom. The van der Waals surface area contributed by atoms with Gasteiger partial charge in [0.05, 0.1) is 17.9 Å². The van der Waals surface area contributed by atoms with Gasteiger partial charge in [0, 0.05) is 24.6 Å². The van der Waals surface area contributed by atoms with Gasteiger partial charge in [-0.1, -0.05) is 12.1 Å². The van der Waals surface area contributed by atoms with Gasteiger partial charge in [0.25, 0.3) is 0 Å². The number of nitrogens with two attached hydrogens (primary N) is 2. The number of fused-ring (bicyclic) bond motifs is 1. The van der Waals surface area contributed by atoms with Crippen molar-refractivity contribution in [1.82, 2.24) is 0 Å². The van der Waals surface area contributed by atoms with E-state index in [4.69, 9.17) is 20.6 Å². The van der Waals surface area contributed by atoms with Gasteiger partial charge in [-0.05, 0) is 24.6 Å². The quantitative estimate of drug-likeness (QED) is 0.833. The predicted octanol–water partition coefficient (Wildman–Crippen LogP) is 2.10. The Labute approximate surface area is 116 Å². The zero-order chi connectivity index (χ0) is 14.7. The lowest BCUT2D eigenvalue weighted by molar-refractivity contribution is 0.202. The summed E-state index contributed by atoms with van der Waals surface area (Å²) < 4.78 is 10.3. The van der Waals surface area contributed by atoms with Crippen molar-refractivity contribution in [3.05, 3.63) is 45.9 Å². The van der Waals surface area contributed by atoms with Crippen molar-refractivity contribution in [3.8, 4) is 0 Å². The second kappa shape index (κ2) is 5.79. The number of hydrogen-bond acceptors (Lipinski definition) is 5. The number of benzene rings is 1. The average molecular weight is 274 g/mol. The van der Waals surface area contributed by atoms with Gasteiger partial charge in [0.15, 0.2) is 0 Å². The van der Waals surface area contributed by atoms with E-state index in [2.05, 4.69) is 0 Å². The SMILES string of the molecule is COCC/C(N)=C(\C)c1c(N)c2ccccc2oc1=O. The lowest BCUT2D eigenvalue weighted by Crippen LogP contribution is -2.14. The van der Waals surface area contributed by atoms with Gasteiger partial charge in [-0.25, -0.2) is 4.79 Å². The van der Waals surface area contributed by atoms with Crippen LogP contribution < -0.4 is 17.1 Å². The third-order valence-corrected chi connectivity index (χ3v) is 3.29. The van der Waals surface area contributed by atoms with Gasteiger partial charge < -0.3 is 20.6 Å². The first-order chi connectivity index (χ1) is 9.56. The van der Waals surface area contributed by atoms with Crippen molar-refractivity contribution in [2.45, 2.75) is 13.3 Å². The Morgan fingerprint density at radius 3 is 2.75 bits per heavy atom. The van der Waals surface area contributed by atoms with Crippen LogP contribution >= 0.6 is 0 Å². The van der Waals surface area contributed by atoms with Crippen molar-refractivity contribution < 1.29 is 9.15 Å². The molecule has 5 heteroatoms. The maximum Gasteiger partial charge on any atom is 0.346 e. The summed E-state index contributed by atoms with van der Waals surface area (Å²) in [4.78, 5) is 12.1. The third-order valence-electron chi connectivity index (χ3n) is 3.29. The smallest absolute Gasteiger partial charge is 0.346 e. The molecule has 0 spiro atoms. The van der Waals surface area contributed by atoms with Gasteiger partial charge in [-0.2, -0.15) is 0 Å². The summed E-state index contributed by atoms with van der Waals surface area (Å²) in [6.07, 6.45) is 0.536. The summed E-state index contributed by atoms with van der Waals surface area (Å²) in [7, 11) is 1.60. The summed E-state index contributed by atoms with van der Waals surface area (Å²) in [5.41, 5.74) is 14.0. The maximum absolute atomic E-state index is 12.1. The molecule has 0 fully saturated rings. The van der Waals surface area contributed by atoms with Crippen molar-refractivity contribution in [1.29, 1.82) is 0 Å². The summed E-state index contributed by atoms with van der Waals surface area (Å²) in [6, 6.07) is 7.16. The highest BCUT2D eigenvalue weighted by atomic mass is 16.5. The Kier molecular flexibility index (Phi) is 4.10. The number of hydrogen-bond donors (Lipinski definition) is 2. The first-order valence-electron chi connectivity index (χ1n) is 6.32. The van der Waals surface area contributed by atoms with E-state index >= 15 is 0 Å². The Hall–Kier alpha value is -2.27. The summed E-state index contributed by atoms with van der Waals surface area (Å²) in [5.74, 6) is 0. The van der Waals surface area contributed by atoms with Crippen molar-refractivity contribution in [2.75, 3.05) is 19.5 Å². The highest BCUT2D eigenvalue weighted by Crippen LogP contribution is 2.27. The fourth-order valence-corrected chi connectivity index (χ4v) is 2.09. The standard InChI is InChI=1S/C15H18N2O3/c1-9(11(16)7-8-19-2)13-14(17)10-5-3-4-6-12(10)20-15(13)18/h3-6H,7-8,16-17H2,1-2H3/b11-9-. The molecule has 5 nitrogen and oxygen atoms in total. The summed E-state index contributed by atoms with van der Waals surface area (Å²) in [5, 5.41) is 0.709. The fourth-order valence-electron chi connectivity index (χ4n) is 2.09. The van der Waals surface area contributed by atoms with Gasteiger partial charge in [0.1, 0.15) is 5.58 Å². The molecule has 4 N–H and O–H groups in total. The number of para-hydroxylation sites is 1. The van der Waals surface area contributed by atoms with Gasteiger partial charge in [0.2, 0.25) is 0 Å². The maximum atomic E-state index is 12.1. The molecular weight excluding hydrogens is 256 g/mol. The monoisotopic (exact) mass is 274 g/mol. The molecule has 1 aromatic carbocycles. The first-order valence-corrected chi connectivity index (χ1v) is 6.32. The highest BCUT2D eigenvalue weighted by Gasteiger charge is 2.15. The fraction of sp³-hybridized carbons (Fsp3) is 0.267. The van der Waals surface area contributed by atoms with E-state index in [-0.39, 0.29) is 0 Å². The molecule has 0 saturated carbocycles. The summed E-state index contributed by atoms with van der Waals surface area (Å²) in [6.45, 7) is 2.25. The molecule has 0 atom stereocenters. The highest BCUT2D eigenvalue weighted by molar-refractivity contribution is 5.94. The van der Waals surface area contributed by atoms with E-state index in [0.717, 1.165) is 0 Å². The largest absolute Gasteiger partial charge is 0.422 e. The van der Waals surface area contributed by atoms with E-state index in [1.807, 2.05) is 12.1 Å². The van der Waals surface area contributed by atoms with Gasteiger partial charge >= 0.3 is 5.63 Å². The van der Waals surface area contributed by atoms with Crippen LogP contribution in [-0.2, 0) is 4.74 Å². The number of rotatable bonds is 4. The lowest BCUT2D eigenvalue weighted by atomic mass is 10.0. The molecule has 0 aliphatic rings. The van der Waals surface area contributed by atoms with Crippen LogP contribution in [0.2, 0.25) is 0 Å². The molecule has 1 heterocycles. The molecule has 0 saturated heterocycles. The Morgan fingerprint density at radius 2 is 2.05 bits per heavy atom. The first kappa shape index (κ1) is 14.1. The molecule has 0 unspecified atom stereocenters. The van der Waals surface area contributed by atoms with Crippen molar-refractivity contribution in [2.24, 2.45) is 5.73 Å². The van der Waals surface area contributed by atoms with Crippen LogP contribution in [-0.4, -0.2) is 13.7 Å². The number of anilines is 1. The number of methoxy groups -OCH3 is 1. The molecule has 2 aromatic rings. The summed E-state index contributed by atoms with van der Waals surface area (Å²) >= 11 is 0. The van der Waals surface area contributed by atoms with Crippen molar-refractivity contribution in [3.63, 3.8) is 0 Å². The van der Waals surface area contributed by atoms with E-state index in [9.17, 15) is 4.79 Å². The second-order valence-corrected chi connectivity index (χ2v) is 4.57. The molecule has 0 radical (unpaired) electrons.